The van der Waals surface area contributed by atoms with E-state index in [1.165, 1.54) is 30.0 Å². The number of carbonyl (C=O) groups is 1. The van der Waals surface area contributed by atoms with Crippen LogP contribution in [-0.2, 0) is 4.79 Å². The lowest BCUT2D eigenvalue weighted by atomic mass is 10.1. The van der Waals surface area contributed by atoms with Crippen molar-refractivity contribution in [2.45, 2.75) is 6.92 Å². The molecule has 0 aromatic heterocycles. The van der Waals surface area contributed by atoms with Crippen LogP contribution in [0.15, 0.2) is 35.7 Å². The van der Waals surface area contributed by atoms with Crippen LogP contribution in [0, 0.1) is 0 Å². The van der Waals surface area contributed by atoms with E-state index < -0.39 is 0 Å². The lowest BCUT2D eigenvalue weighted by Crippen LogP contribution is -2.34. The molecule has 1 aromatic carbocycles. The minimum Gasteiger partial charge on any atom is -0.279 e. The average Bonchev–Trinajstić information content (AvgIpc) is 2.67. The van der Waals surface area contributed by atoms with E-state index in [1.54, 1.807) is 0 Å². The minimum atomic E-state index is -0.0368. The summed E-state index contributed by atoms with van der Waals surface area (Å²) in [6.45, 7) is 2.26. The first-order valence-corrected chi connectivity index (χ1v) is 5.55. The Labute approximate surface area is 93.3 Å². The van der Waals surface area contributed by atoms with E-state index in [4.69, 9.17) is 0 Å². The molecule has 0 aliphatic carbocycles. The van der Waals surface area contributed by atoms with Gasteiger partial charge in [-0.3, -0.25) is 10.2 Å². The van der Waals surface area contributed by atoms with Gasteiger partial charge in [-0.1, -0.05) is 30.3 Å². The molecule has 1 N–H and O–H groups in total. The first-order chi connectivity index (χ1) is 7.25. The summed E-state index contributed by atoms with van der Waals surface area (Å²) in [4.78, 5) is 10.9. The topological polar surface area (TPSA) is 32.3 Å². The lowest BCUT2D eigenvalue weighted by Gasteiger charge is -2.13. The number of hydrogen-bond acceptors (Lipinski definition) is 3. The molecule has 1 aliphatic heterocycles. The number of hydrazine groups is 1. The smallest absolute Gasteiger partial charge is 0.231 e. The first-order valence-electron chi connectivity index (χ1n) is 4.72. The molecular weight excluding hydrogens is 208 g/mol. The standard InChI is InChI=1S/C11H12N2OS/c1-9(14)12-13-7-11(8-15-13)10-5-3-2-4-6-10/h2-6,8H,7H2,1H3,(H,12,14). The molecule has 0 fully saturated rings. The third-order valence-electron chi connectivity index (χ3n) is 2.06. The van der Waals surface area contributed by atoms with Gasteiger partial charge in [-0.05, 0) is 28.5 Å². The Morgan fingerprint density at radius 3 is 2.80 bits per heavy atom. The Morgan fingerprint density at radius 2 is 2.13 bits per heavy atom. The van der Waals surface area contributed by atoms with Crippen molar-refractivity contribution in [1.82, 2.24) is 9.84 Å². The summed E-state index contributed by atoms with van der Waals surface area (Å²) in [6.07, 6.45) is 0. The van der Waals surface area contributed by atoms with Crippen molar-refractivity contribution in [2.75, 3.05) is 6.54 Å². The minimum absolute atomic E-state index is 0.0368. The molecule has 0 unspecified atom stereocenters. The van der Waals surface area contributed by atoms with Gasteiger partial charge in [0.1, 0.15) is 0 Å². The molecule has 4 heteroatoms. The summed E-state index contributed by atoms with van der Waals surface area (Å²) >= 11 is 1.51. The molecule has 1 amide bonds. The van der Waals surface area contributed by atoms with Crippen LogP contribution in [0.2, 0.25) is 0 Å². The second-order valence-corrected chi connectivity index (χ2v) is 4.21. The molecular formula is C11H12N2OS. The maximum absolute atomic E-state index is 10.9. The van der Waals surface area contributed by atoms with Gasteiger partial charge in [0.25, 0.3) is 0 Å². The quantitative estimate of drug-likeness (QED) is 0.774. The molecule has 0 saturated carbocycles. The highest BCUT2D eigenvalue weighted by molar-refractivity contribution is 8.00. The maximum Gasteiger partial charge on any atom is 0.231 e. The highest BCUT2D eigenvalue weighted by Crippen LogP contribution is 2.28. The van der Waals surface area contributed by atoms with Crippen molar-refractivity contribution in [1.29, 1.82) is 0 Å². The van der Waals surface area contributed by atoms with Crippen LogP contribution in [0.4, 0.5) is 0 Å². The number of carbonyl (C=O) groups excluding carboxylic acids is 1. The van der Waals surface area contributed by atoms with E-state index in [-0.39, 0.29) is 5.91 Å². The molecule has 1 heterocycles. The first kappa shape index (κ1) is 10.3. The third kappa shape index (κ3) is 2.61. The van der Waals surface area contributed by atoms with Crippen LogP contribution >= 0.6 is 11.9 Å². The zero-order valence-electron chi connectivity index (χ0n) is 8.43. The number of nitrogens with one attached hydrogen (secondary N) is 1. The maximum atomic E-state index is 10.9. The van der Waals surface area contributed by atoms with Gasteiger partial charge in [0.05, 0.1) is 6.54 Å². The highest BCUT2D eigenvalue weighted by atomic mass is 32.2. The second-order valence-electron chi connectivity index (χ2n) is 3.32. The Balaban J connectivity index is 2.01. The molecule has 0 atom stereocenters. The van der Waals surface area contributed by atoms with Crippen LogP contribution < -0.4 is 5.43 Å². The van der Waals surface area contributed by atoms with E-state index in [0.29, 0.717) is 0 Å². The summed E-state index contributed by atoms with van der Waals surface area (Å²) in [5.74, 6) is -0.0368. The van der Waals surface area contributed by atoms with Crippen molar-refractivity contribution >= 4 is 23.4 Å². The monoisotopic (exact) mass is 220 g/mol. The average molecular weight is 220 g/mol. The molecule has 15 heavy (non-hydrogen) atoms. The van der Waals surface area contributed by atoms with Crippen LogP contribution in [0.25, 0.3) is 5.57 Å². The molecule has 0 spiro atoms. The molecule has 1 aromatic rings. The Kier molecular flexibility index (Phi) is 3.08. The van der Waals surface area contributed by atoms with Gasteiger partial charge >= 0.3 is 0 Å². The van der Waals surface area contributed by atoms with Gasteiger partial charge in [0, 0.05) is 6.92 Å². The number of rotatable bonds is 2. The largest absolute Gasteiger partial charge is 0.279 e. The molecule has 0 radical (unpaired) electrons. The van der Waals surface area contributed by atoms with Crippen molar-refractivity contribution in [3.63, 3.8) is 0 Å². The third-order valence-corrected chi connectivity index (χ3v) is 2.93. The normalized spacial score (nSPS) is 16.2. The van der Waals surface area contributed by atoms with Crippen molar-refractivity contribution in [2.24, 2.45) is 0 Å². The molecule has 0 saturated heterocycles. The van der Waals surface area contributed by atoms with Crippen LogP contribution in [0.3, 0.4) is 0 Å². The Hall–Kier alpha value is -1.26. The second kappa shape index (κ2) is 4.51. The molecule has 3 nitrogen and oxygen atoms in total. The fourth-order valence-corrected chi connectivity index (χ4v) is 2.27. The zero-order chi connectivity index (χ0) is 10.7. The van der Waals surface area contributed by atoms with Crippen LogP contribution in [-0.4, -0.2) is 16.9 Å². The van der Waals surface area contributed by atoms with E-state index >= 15 is 0 Å². The summed E-state index contributed by atoms with van der Waals surface area (Å²) in [7, 11) is 0. The van der Waals surface area contributed by atoms with E-state index in [2.05, 4.69) is 23.0 Å². The Morgan fingerprint density at radius 1 is 1.40 bits per heavy atom. The van der Waals surface area contributed by atoms with Gasteiger partial charge in [0.15, 0.2) is 0 Å². The fraction of sp³-hybridized carbons (Fsp3) is 0.182. The summed E-state index contributed by atoms with van der Waals surface area (Å²) in [5.41, 5.74) is 5.18. The summed E-state index contributed by atoms with van der Waals surface area (Å²) in [6, 6.07) is 10.2. The molecule has 2 rings (SSSR count). The van der Waals surface area contributed by atoms with E-state index in [0.717, 1.165) is 6.54 Å². The van der Waals surface area contributed by atoms with Crippen LogP contribution in [0.5, 0.6) is 0 Å². The molecule has 78 valence electrons. The predicted octanol–water partition coefficient (Wildman–Crippen LogP) is 2.04. The zero-order valence-corrected chi connectivity index (χ0v) is 9.25. The van der Waals surface area contributed by atoms with E-state index in [1.807, 2.05) is 22.6 Å². The van der Waals surface area contributed by atoms with Gasteiger partial charge < -0.3 is 0 Å². The predicted molar refractivity (Wildman–Crippen MR) is 62.5 cm³/mol. The Bertz CT molecular complexity index is 389. The number of nitrogens with zero attached hydrogens (tertiary/aromatic N) is 1. The van der Waals surface area contributed by atoms with E-state index in [9.17, 15) is 4.79 Å². The number of hydrogen-bond donors (Lipinski definition) is 1. The molecule has 1 aliphatic rings. The van der Waals surface area contributed by atoms with Crippen molar-refractivity contribution in [3.05, 3.63) is 41.3 Å². The van der Waals surface area contributed by atoms with Crippen molar-refractivity contribution in [3.8, 4) is 0 Å². The highest BCUT2D eigenvalue weighted by Gasteiger charge is 2.16. The van der Waals surface area contributed by atoms with Gasteiger partial charge in [-0.25, -0.2) is 0 Å². The van der Waals surface area contributed by atoms with Crippen molar-refractivity contribution < 1.29 is 4.79 Å². The SMILES string of the molecule is CC(=O)NN1CC(c2ccccc2)=CS1. The van der Waals surface area contributed by atoms with Gasteiger partial charge in [0.2, 0.25) is 5.91 Å². The number of benzene rings is 1. The van der Waals surface area contributed by atoms with Gasteiger partial charge in [-0.2, -0.15) is 4.41 Å². The summed E-state index contributed by atoms with van der Waals surface area (Å²) in [5, 5.41) is 2.06. The summed E-state index contributed by atoms with van der Waals surface area (Å²) < 4.78 is 1.82. The van der Waals surface area contributed by atoms with Gasteiger partial charge in [-0.15, -0.1) is 0 Å². The fourth-order valence-electron chi connectivity index (χ4n) is 1.41. The lowest BCUT2D eigenvalue weighted by molar-refractivity contribution is -0.121. The number of amides is 1. The molecule has 0 bridgehead atoms. The van der Waals surface area contributed by atoms with Crippen LogP contribution in [0.1, 0.15) is 12.5 Å².